The predicted molar refractivity (Wildman–Crippen MR) is 146 cm³/mol. The number of methoxy groups -OCH3 is 2. The molecule has 0 aliphatic rings. The SMILES string of the molecule is CCCCCCCCCOc1ccc(C(=O)Oc2ccc(OC(=O)c3ccc(OC)c(OC)c3)cc2)cc1. The van der Waals surface area contributed by atoms with E-state index < -0.39 is 11.9 Å². The van der Waals surface area contributed by atoms with Crippen LogP contribution in [0.5, 0.6) is 28.7 Å². The van der Waals surface area contributed by atoms with Gasteiger partial charge in [0.05, 0.1) is 32.0 Å². The van der Waals surface area contributed by atoms with E-state index in [0.29, 0.717) is 40.7 Å². The van der Waals surface area contributed by atoms with E-state index >= 15 is 0 Å². The Morgan fingerprint density at radius 3 is 1.66 bits per heavy atom. The summed E-state index contributed by atoms with van der Waals surface area (Å²) in [7, 11) is 3.01. The summed E-state index contributed by atoms with van der Waals surface area (Å²) in [5, 5.41) is 0. The van der Waals surface area contributed by atoms with Crippen LogP contribution < -0.4 is 23.7 Å². The molecule has 0 atom stereocenters. The highest BCUT2D eigenvalue weighted by Crippen LogP contribution is 2.28. The zero-order chi connectivity index (χ0) is 27.2. The van der Waals surface area contributed by atoms with Gasteiger partial charge in [0.25, 0.3) is 0 Å². The van der Waals surface area contributed by atoms with Gasteiger partial charge in [0.2, 0.25) is 0 Å². The molecule has 0 saturated heterocycles. The molecule has 0 aromatic heterocycles. The second-order valence-corrected chi connectivity index (χ2v) is 8.81. The molecule has 0 heterocycles. The van der Waals surface area contributed by atoms with Gasteiger partial charge in [-0.05, 0) is 73.2 Å². The molecule has 0 bridgehead atoms. The van der Waals surface area contributed by atoms with Crippen molar-refractivity contribution < 1.29 is 33.3 Å². The molecule has 7 nitrogen and oxygen atoms in total. The van der Waals surface area contributed by atoms with Crippen molar-refractivity contribution >= 4 is 11.9 Å². The van der Waals surface area contributed by atoms with Crippen molar-refractivity contribution in [2.24, 2.45) is 0 Å². The van der Waals surface area contributed by atoms with Gasteiger partial charge in [0, 0.05) is 0 Å². The molecule has 0 fully saturated rings. The lowest BCUT2D eigenvalue weighted by Crippen LogP contribution is -2.10. The number of carbonyl (C=O) groups is 2. The van der Waals surface area contributed by atoms with E-state index in [1.54, 1.807) is 66.7 Å². The monoisotopic (exact) mass is 520 g/mol. The first-order valence-corrected chi connectivity index (χ1v) is 13.0. The highest BCUT2D eigenvalue weighted by atomic mass is 16.5. The Morgan fingerprint density at radius 1 is 0.579 bits per heavy atom. The Hall–Kier alpha value is -4.00. The van der Waals surface area contributed by atoms with Crippen LogP contribution in [0.3, 0.4) is 0 Å². The van der Waals surface area contributed by atoms with Crippen molar-refractivity contribution in [3.05, 3.63) is 77.9 Å². The van der Waals surface area contributed by atoms with E-state index in [9.17, 15) is 9.59 Å². The molecule has 0 unspecified atom stereocenters. The molecule has 0 saturated carbocycles. The molecule has 0 amide bonds. The number of unbranched alkanes of at least 4 members (excludes halogenated alkanes) is 6. The van der Waals surface area contributed by atoms with Crippen molar-refractivity contribution in [2.45, 2.75) is 51.9 Å². The highest BCUT2D eigenvalue weighted by molar-refractivity contribution is 5.92. The third-order valence-corrected chi connectivity index (χ3v) is 5.97. The first-order valence-electron chi connectivity index (χ1n) is 13.0. The van der Waals surface area contributed by atoms with Crippen LogP contribution in [0.2, 0.25) is 0 Å². The molecule has 202 valence electrons. The third kappa shape index (κ3) is 8.83. The number of benzene rings is 3. The molecule has 3 aromatic rings. The molecule has 0 aliphatic heterocycles. The van der Waals surface area contributed by atoms with Crippen LogP contribution in [0.15, 0.2) is 66.7 Å². The molecule has 38 heavy (non-hydrogen) atoms. The maximum atomic E-state index is 12.5. The first kappa shape index (κ1) is 28.6. The molecular formula is C31H36O7. The highest BCUT2D eigenvalue weighted by Gasteiger charge is 2.14. The van der Waals surface area contributed by atoms with E-state index in [1.807, 2.05) is 0 Å². The minimum atomic E-state index is -0.551. The summed E-state index contributed by atoms with van der Waals surface area (Å²) in [6.45, 7) is 2.89. The Balaban J connectivity index is 1.44. The number of ether oxygens (including phenoxy) is 5. The lowest BCUT2D eigenvalue weighted by atomic mass is 10.1. The van der Waals surface area contributed by atoms with Gasteiger partial charge in [0.15, 0.2) is 11.5 Å². The van der Waals surface area contributed by atoms with Crippen LogP contribution in [0.25, 0.3) is 0 Å². The van der Waals surface area contributed by atoms with Gasteiger partial charge in [0.1, 0.15) is 17.2 Å². The predicted octanol–water partition coefficient (Wildman–Crippen LogP) is 7.27. The molecule has 3 rings (SSSR count). The average molecular weight is 521 g/mol. The lowest BCUT2D eigenvalue weighted by molar-refractivity contribution is 0.0719. The van der Waals surface area contributed by atoms with Crippen LogP contribution >= 0.6 is 0 Å². The first-order chi connectivity index (χ1) is 18.5. The number of esters is 2. The van der Waals surface area contributed by atoms with Crippen molar-refractivity contribution in [2.75, 3.05) is 20.8 Å². The Morgan fingerprint density at radius 2 is 1.08 bits per heavy atom. The second kappa shape index (κ2) is 15.3. The zero-order valence-electron chi connectivity index (χ0n) is 22.4. The summed E-state index contributed by atoms with van der Waals surface area (Å²) in [6, 6.07) is 17.9. The zero-order valence-corrected chi connectivity index (χ0v) is 22.4. The van der Waals surface area contributed by atoms with Crippen molar-refractivity contribution in [1.29, 1.82) is 0 Å². The van der Waals surface area contributed by atoms with Crippen molar-refractivity contribution in [3.8, 4) is 28.7 Å². The van der Waals surface area contributed by atoms with Gasteiger partial charge >= 0.3 is 11.9 Å². The van der Waals surface area contributed by atoms with Gasteiger partial charge in [-0.3, -0.25) is 0 Å². The topological polar surface area (TPSA) is 80.3 Å². The lowest BCUT2D eigenvalue weighted by Gasteiger charge is -2.10. The van der Waals surface area contributed by atoms with Gasteiger partial charge < -0.3 is 23.7 Å². The second-order valence-electron chi connectivity index (χ2n) is 8.81. The van der Waals surface area contributed by atoms with Gasteiger partial charge in [-0.1, -0.05) is 45.4 Å². The summed E-state index contributed by atoms with van der Waals surface area (Å²) >= 11 is 0. The Bertz CT molecular complexity index is 1150. The van der Waals surface area contributed by atoms with Gasteiger partial charge in [-0.15, -0.1) is 0 Å². The maximum Gasteiger partial charge on any atom is 0.343 e. The average Bonchev–Trinajstić information content (AvgIpc) is 2.95. The van der Waals surface area contributed by atoms with Crippen molar-refractivity contribution in [3.63, 3.8) is 0 Å². The van der Waals surface area contributed by atoms with Gasteiger partial charge in [-0.25, -0.2) is 9.59 Å². The third-order valence-electron chi connectivity index (χ3n) is 5.97. The molecule has 0 spiro atoms. The number of hydrogen-bond acceptors (Lipinski definition) is 7. The Kier molecular flexibility index (Phi) is 11.5. The summed E-state index contributed by atoms with van der Waals surface area (Å²) in [6.07, 6.45) is 8.62. The van der Waals surface area contributed by atoms with E-state index in [4.69, 9.17) is 23.7 Å². The number of hydrogen-bond donors (Lipinski definition) is 0. The fourth-order valence-corrected chi connectivity index (χ4v) is 3.81. The molecular weight excluding hydrogens is 484 g/mol. The van der Waals surface area contributed by atoms with Crippen LogP contribution in [-0.4, -0.2) is 32.8 Å². The molecule has 0 aliphatic carbocycles. The standard InChI is InChI=1S/C31H36O7/c1-4-5-6-7-8-9-10-21-36-25-14-11-23(12-15-25)30(32)37-26-16-18-27(19-17-26)38-31(33)24-13-20-28(34-2)29(22-24)35-3/h11-20,22H,4-10,21H2,1-3H3. The van der Waals surface area contributed by atoms with Crippen molar-refractivity contribution in [1.82, 2.24) is 0 Å². The normalized spacial score (nSPS) is 10.5. The smallest absolute Gasteiger partial charge is 0.343 e. The van der Waals surface area contributed by atoms with E-state index in [1.165, 1.54) is 52.7 Å². The minimum Gasteiger partial charge on any atom is -0.494 e. The quantitative estimate of drug-likeness (QED) is 0.118. The number of rotatable bonds is 15. The summed E-state index contributed by atoms with van der Waals surface area (Å²) in [5.74, 6) is 1.28. The van der Waals surface area contributed by atoms with E-state index in [2.05, 4.69) is 6.92 Å². The molecule has 0 radical (unpaired) electrons. The number of carbonyl (C=O) groups excluding carboxylic acids is 2. The summed E-state index contributed by atoms with van der Waals surface area (Å²) < 4.78 is 27.0. The van der Waals surface area contributed by atoms with Crippen LogP contribution in [0, 0.1) is 0 Å². The van der Waals surface area contributed by atoms with Crippen LogP contribution in [0.1, 0.15) is 72.6 Å². The summed E-state index contributed by atoms with van der Waals surface area (Å²) in [4.78, 5) is 25.0. The molecule has 7 heteroatoms. The molecule has 3 aromatic carbocycles. The van der Waals surface area contributed by atoms with Crippen LogP contribution in [-0.2, 0) is 0 Å². The maximum absolute atomic E-state index is 12.5. The van der Waals surface area contributed by atoms with Crippen LogP contribution in [0.4, 0.5) is 0 Å². The van der Waals surface area contributed by atoms with Gasteiger partial charge in [-0.2, -0.15) is 0 Å². The van der Waals surface area contributed by atoms with E-state index in [0.717, 1.165) is 12.2 Å². The summed E-state index contributed by atoms with van der Waals surface area (Å²) in [5.41, 5.74) is 0.727. The van der Waals surface area contributed by atoms with E-state index in [-0.39, 0.29) is 0 Å². The Labute approximate surface area is 224 Å². The fraction of sp³-hybridized carbons (Fsp3) is 0.355. The largest absolute Gasteiger partial charge is 0.494 e. The fourth-order valence-electron chi connectivity index (χ4n) is 3.81. The minimum absolute atomic E-state index is 0.312. The molecule has 0 N–H and O–H groups in total.